The van der Waals surface area contributed by atoms with Crippen molar-refractivity contribution in [1.29, 1.82) is 0 Å². The van der Waals surface area contributed by atoms with Crippen LogP contribution in [0.15, 0.2) is 24.3 Å². The van der Waals surface area contributed by atoms with Gasteiger partial charge >= 0.3 is 59.1 Å². The minimum absolute atomic E-state index is 0. The van der Waals surface area contributed by atoms with Crippen LogP contribution in [0.2, 0.25) is 20.1 Å². The van der Waals surface area contributed by atoms with Gasteiger partial charge in [0.2, 0.25) is 0 Å². The molecule has 4 rings (SSSR count). The summed E-state index contributed by atoms with van der Waals surface area (Å²) in [5.74, 6) is -1.16. The SMILES string of the molecule is O=S(=O)([O-])Oc1c(-c2[nH]c3c(Cl)cc(Cl)cc3c2OS(=O)(=O)[O-])[nH]c2c(Cl)cc(Cl)cc12.[Na+].[Na+]. The first-order valence-corrected chi connectivity index (χ1v) is 12.2. The van der Waals surface area contributed by atoms with Gasteiger partial charge in [-0.25, -0.2) is 16.8 Å². The second-order valence-corrected chi connectivity index (χ2v) is 9.92. The van der Waals surface area contributed by atoms with Gasteiger partial charge in [0, 0.05) is 20.8 Å². The van der Waals surface area contributed by atoms with E-state index in [1.807, 2.05) is 0 Å². The van der Waals surface area contributed by atoms with E-state index in [1.165, 1.54) is 24.3 Å². The zero-order valence-corrected chi connectivity index (χ0v) is 25.6. The molecule has 0 radical (unpaired) electrons. The summed E-state index contributed by atoms with van der Waals surface area (Å²) in [5.41, 5.74) is -0.428. The van der Waals surface area contributed by atoms with Crippen LogP contribution < -0.4 is 67.5 Å². The molecule has 170 valence electrons. The van der Waals surface area contributed by atoms with Crippen LogP contribution in [0.4, 0.5) is 0 Å². The Hall–Kier alpha value is 0.100. The van der Waals surface area contributed by atoms with Crippen LogP contribution in [0.25, 0.3) is 33.2 Å². The first-order chi connectivity index (χ1) is 14.7. The zero-order chi connectivity index (χ0) is 23.6. The Morgan fingerprint density at radius 1 is 0.647 bits per heavy atom. The van der Waals surface area contributed by atoms with Gasteiger partial charge in [0.05, 0.1) is 21.1 Å². The monoisotopic (exact) mass is 604 g/mol. The molecule has 2 aromatic carbocycles. The van der Waals surface area contributed by atoms with E-state index < -0.39 is 32.3 Å². The molecule has 0 bridgehead atoms. The predicted molar refractivity (Wildman–Crippen MR) is 116 cm³/mol. The number of aromatic nitrogens is 2. The molecule has 0 aliphatic heterocycles. The molecule has 0 saturated heterocycles. The third kappa shape index (κ3) is 6.32. The molecule has 0 aliphatic rings. The zero-order valence-electron chi connectivity index (χ0n) is 16.9. The Morgan fingerprint density at radius 3 is 1.26 bits per heavy atom. The maximum atomic E-state index is 11.4. The van der Waals surface area contributed by atoms with E-state index in [2.05, 4.69) is 18.3 Å². The molecule has 4 aromatic rings. The average molecular weight is 606 g/mol. The van der Waals surface area contributed by atoms with Gasteiger partial charge < -0.3 is 27.4 Å². The molecule has 18 heteroatoms. The Kier molecular flexibility index (Phi) is 9.67. The number of fused-ring (bicyclic) bond motifs is 2. The van der Waals surface area contributed by atoms with Gasteiger partial charge in [0.25, 0.3) is 20.8 Å². The Balaban J connectivity index is 0.00000204. The van der Waals surface area contributed by atoms with Crippen molar-refractivity contribution in [2.24, 2.45) is 0 Å². The normalized spacial score (nSPS) is 11.8. The third-order valence-corrected chi connectivity index (χ3v) is 5.95. The smallest absolute Gasteiger partial charge is 0.716 e. The summed E-state index contributed by atoms with van der Waals surface area (Å²) in [4.78, 5) is 5.43. The number of hydrogen-bond donors (Lipinski definition) is 2. The molecule has 0 atom stereocenters. The third-order valence-electron chi connectivity index (χ3n) is 4.17. The number of rotatable bonds is 5. The molecule has 0 saturated carbocycles. The molecule has 10 nitrogen and oxygen atoms in total. The van der Waals surface area contributed by atoms with Crippen molar-refractivity contribution in [3.8, 4) is 22.9 Å². The number of benzene rings is 2. The number of H-pyrrole nitrogens is 2. The Morgan fingerprint density at radius 2 is 0.971 bits per heavy atom. The fourth-order valence-corrected chi connectivity index (χ4v) is 4.96. The van der Waals surface area contributed by atoms with E-state index in [-0.39, 0.29) is 112 Å². The maximum Gasteiger partial charge on any atom is 1.00 e. The van der Waals surface area contributed by atoms with Gasteiger partial charge in [0.15, 0.2) is 11.5 Å². The van der Waals surface area contributed by atoms with Crippen molar-refractivity contribution in [2.75, 3.05) is 0 Å². The predicted octanol–water partition coefficient (Wildman–Crippen LogP) is -1.38. The average Bonchev–Trinajstić information content (AvgIpc) is 3.12. The van der Waals surface area contributed by atoms with Crippen LogP contribution in [-0.2, 0) is 20.8 Å². The molecular weight excluding hydrogens is 600 g/mol. The molecular formula is C16H6Cl4N2Na2O8S2. The van der Waals surface area contributed by atoms with Gasteiger partial charge in [-0.3, -0.25) is 0 Å². The topological polar surface area (TPSA) is 164 Å². The molecule has 34 heavy (non-hydrogen) atoms. The summed E-state index contributed by atoms with van der Waals surface area (Å²) in [7, 11) is -10.7. The second-order valence-electron chi connectivity index (χ2n) is 6.26. The molecule has 0 aliphatic carbocycles. The van der Waals surface area contributed by atoms with E-state index >= 15 is 0 Å². The molecule has 0 spiro atoms. The van der Waals surface area contributed by atoms with Crippen molar-refractivity contribution in [3.05, 3.63) is 44.4 Å². The summed E-state index contributed by atoms with van der Waals surface area (Å²) in [6.45, 7) is 0. The first-order valence-electron chi connectivity index (χ1n) is 8.06. The summed E-state index contributed by atoms with van der Waals surface area (Å²) in [5, 5.41) is 0.120. The number of nitrogens with one attached hydrogen (secondary N) is 2. The van der Waals surface area contributed by atoms with Crippen molar-refractivity contribution in [3.63, 3.8) is 0 Å². The Labute approximate surface area is 256 Å². The molecule has 2 N–H and O–H groups in total. The van der Waals surface area contributed by atoms with E-state index in [4.69, 9.17) is 46.4 Å². The van der Waals surface area contributed by atoms with Gasteiger partial charge in [-0.2, -0.15) is 0 Å². The molecule has 2 aromatic heterocycles. The molecule has 0 fully saturated rings. The largest absolute Gasteiger partial charge is 1.00 e. The van der Waals surface area contributed by atoms with Gasteiger partial charge in [0.1, 0.15) is 11.4 Å². The van der Waals surface area contributed by atoms with Crippen molar-refractivity contribution in [2.45, 2.75) is 0 Å². The summed E-state index contributed by atoms with van der Waals surface area (Å²) in [6, 6.07) is 5.15. The van der Waals surface area contributed by atoms with E-state index in [0.717, 1.165) is 0 Å². The van der Waals surface area contributed by atoms with Crippen molar-refractivity contribution < 1.29 is 93.4 Å². The van der Waals surface area contributed by atoms with Crippen LogP contribution in [0.5, 0.6) is 11.5 Å². The van der Waals surface area contributed by atoms with E-state index in [0.29, 0.717) is 0 Å². The molecule has 0 unspecified atom stereocenters. The van der Waals surface area contributed by atoms with Crippen molar-refractivity contribution in [1.82, 2.24) is 9.97 Å². The van der Waals surface area contributed by atoms with Crippen LogP contribution in [0.1, 0.15) is 0 Å². The van der Waals surface area contributed by atoms with Gasteiger partial charge in [-0.05, 0) is 24.3 Å². The first kappa shape index (κ1) is 30.3. The van der Waals surface area contributed by atoms with Crippen LogP contribution >= 0.6 is 46.4 Å². The molecule has 2 heterocycles. The van der Waals surface area contributed by atoms with Gasteiger partial charge in [-0.15, -0.1) is 0 Å². The van der Waals surface area contributed by atoms with Crippen LogP contribution in [0.3, 0.4) is 0 Å². The molecule has 0 amide bonds. The maximum absolute atomic E-state index is 11.4. The number of hydrogen-bond acceptors (Lipinski definition) is 8. The van der Waals surface area contributed by atoms with E-state index in [1.54, 1.807) is 0 Å². The van der Waals surface area contributed by atoms with Crippen LogP contribution in [-0.4, -0.2) is 35.9 Å². The minimum atomic E-state index is -5.33. The van der Waals surface area contributed by atoms with Gasteiger partial charge in [-0.1, -0.05) is 46.4 Å². The quantitative estimate of drug-likeness (QED) is 0.160. The summed E-state index contributed by atoms with van der Waals surface area (Å²) >= 11 is 24.3. The summed E-state index contributed by atoms with van der Waals surface area (Å²) in [6.07, 6.45) is 0. The fraction of sp³-hybridized carbons (Fsp3) is 0. The standard InChI is InChI=1S/C16H8Cl4N2O8S2.2Na/c17-5-1-7-11(9(19)3-5)21-13(15(7)29-31(23,24)25)14-16(30-32(26,27)28)8-2-6(18)4-10(20)12(8)22-14;;/h1-4,21-22H,(H,23,24,25)(H,26,27,28);;/q;2*+1/p-2. The minimum Gasteiger partial charge on any atom is -0.716 e. The number of aromatic amines is 2. The van der Waals surface area contributed by atoms with Crippen LogP contribution in [0, 0.1) is 0 Å². The fourth-order valence-electron chi connectivity index (χ4n) is 3.12. The summed E-state index contributed by atoms with van der Waals surface area (Å²) < 4.78 is 77.6. The Bertz CT molecular complexity index is 1520. The second kappa shape index (κ2) is 10.8. The number of halogens is 4. The van der Waals surface area contributed by atoms with Crippen molar-refractivity contribution >= 4 is 89.0 Å². The van der Waals surface area contributed by atoms with E-state index in [9.17, 15) is 25.9 Å².